The lowest BCUT2D eigenvalue weighted by atomic mass is 9.95. The van der Waals surface area contributed by atoms with Crippen LogP contribution in [0.15, 0.2) is 24.3 Å². The summed E-state index contributed by atoms with van der Waals surface area (Å²) in [4.78, 5) is 24.0. The summed E-state index contributed by atoms with van der Waals surface area (Å²) >= 11 is 0. The summed E-state index contributed by atoms with van der Waals surface area (Å²) in [7, 11) is 1.34. The Morgan fingerprint density at radius 3 is 2.12 bits per heavy atom. The van der Waals surface area contributed by atoms with Crippen LogP contribution in [-0.2, 0) is 9.59 Å². The number of phenolic OH excluding ortho intramolecular Hbond substituents is 1. The molecule has 5 heteroatoms. The van der Waals surface area contributed by atoms with Gasteiger partial charge in [0.05, 0.1) is 5.92 Å². The molecule has 1 aliphatic heterocycles. The number of benzene rings is 1. The van der Waals surface area contributed by atoms with E-state index in [0.29, 0.717) is 5.56 Å². The molecule has 2 rings (SSSR count). The topological polar surface area (TPSA) is 77.8 Å². The third kappa shape index (κ3) is 1.45. The summed E-state index contributed by atoms with van der Waals surface area (Å²) in [5.74, 6) is -1.81. The predicted molar refractivity (Wildman–Crippen MR) is 54.6 cm³/mol. The molecule has 1 saturated heterocycles. The Bertz CT molecular complexity index is 440. The molecule has 0 bridgehead atoms. The molecular formula is C11H11NO4. The minimum Gasteiger partial charge on any atom is -0.508 e. The van der Waals surface area contributed by atoms with Crippen LogP contribution in [0.4, 0.5) is 0 Å². The summed E-state index contributed by atoms with van der Waals surface area (Å²) in [6.07, 6.45) is -1.33. The second kappa shape index (κ2) is 3.61. The lowest BCUT2D eigenvalue weighted by Gasteiger charge is -2.10. The van der Waals surface area contributed by atoms with E-state index in [-0.39, 0.29) is 5.75 Å². The highest BCUT2D eigenvalue weighted by Crippen LogP contribution is 2.29. The minimum atomic E-state index is -1.33. The maximum absolute atomic E-state index is 11.7. The van der Waals surface area contributed by atoms with Crippen molar-refractivity contribution in [1.29, 1.82) is 0 Å². The van der Waals surface area contributed by atoms with E-state index in [2.05, 4.69) is 0 Å². The van der Waals surface area contributed by atoms with Gasteiger partial charge in [0.15, 0.2) is 0 Å². The highest BCUT2D eigenvalue weighted by molar-refractivity contribution is 6.08. The number of rotatable bonds is 1. The molecule has 0 aliphatic carbocycles. The molecule has 1 aliphatic rings. The SMILES string of the molecule is CN1C(=O)C(O)C(c2ccc(O)cc2)C1=O. The van der Waals surface area contributed by atoms with E-state index in [4.69, 9.17) is 5.11 Å². The van der Waals surface area contributed by atoms with Crippen LogP contribution >= 0.6 is 0 Å². The van der Waals surface area contributed by atoms with Gasteiger partial charge >= 0.3 is 0 Å². The van der Waals surface area contributed by atoms with Crippen molar-refractivity contribution in [2.24, 2.45) is 0 Å². The first-order valence-corrected chi connectivity index (χ1v) is 4.81. The van der Waals surface area contributed by atoms with Crippen molar-refractivity contribution < 1.29 is 19.8 Å². The Balaban J connectivity index is 2.38. The molecule has 0 radical (unpaired) electrons. The number of likely N-dealkylation sites (tertiary alicyclic amines) is 1. The second-order valence-corrected chi connectivity index (χ2v) is 3.75. The zero-order valence-corrected chi connectivity index (χ0v) is 8.62. The van der Waals surface area contributed by atoms with Gasteiger partial charge in [-0.25, -0.2) is 0 Å². The van der Waals surface area contributed by atoms with Crippen LogP contribution in [0.25, 0.3) is 0 Å². The number of hydrogen-bond acceptors (Lipinski definition) is 4. The molecule has 2 atom stereocenters. The van der Waals surface area contributed by atoms with Crippen molar-refractivity contribution in [3.05, 3.63) is 29.8 Å². The summed E-state index contributed by atoms with van der Waals surface area (Å²) in [5, 5.41) is 18.8. The van der Waals surface area contributed by atoms with E-state index < -0.39 is 23.8 Å². The molecular weight excluding hydrogens is 210 g/mol. The Kier molecular flexibility index (Phi) is 2.40. The number of imide groups is 1. The van der Waals surface area contributed by atoms with Crippen LogP contribution in [0.5, 0.6) is 5.75 Å². The van der Waals surface area contributed by atoms with Crippen LogP contribution in [0.3, 0.4) is 0 Å². The van der Waals surface area contributed by atoms with Gasteiger partial charge in [0.2, 0.25) is 5.91 Å². The Morgan fingerprint density at radius 2 is 1.69 bits per heavy atom. The van der Waals surface area contributed by atoms with Crippen molar-refractivity contribution in [3.63, 3.8) is 0 Å². The fourth-order valence-electron chi connectivity index (χ4n) is 1.80. The molecule has 0 saturated carbocycles. The number of likely N-dealkylation sites (N-methyl/N-ethyl adjacent to an activating group) is 1. The van der Waals surface area contributed by atoms with E-state index in [1.165, 1.54) is 31.3 Å². The van der Waals surface area contributed by atoms with E-state index in [0.717, 1.165) is 4.90 Å². The van der Waals surface area contributed by atoms with Gasteiger partial charge in [0, 0.05) is 7.05 Å². The van der Waals surface area contributed by atoms with Crippen LogP contribution in [0.1, 0.15) is 11.5 Å². The number of amides is 2. The van der Waals surface area contributed by atoms with Gasteiger partial charge in [0.25, 0.3) is 5.91 Å². The van der Waals surface area contributed by atoms with Crippen LogP contribution < -0.4 is 0 Å². The average Bonchev–Trinajstić information content (AvgIpc) is 2.46. The van der Waals surface area contributed by atoms with Crippen LogP contribution in [0, 0.1) is 0 Å². The first kappa shape index (κ1) is 10.6. The standard InChI is InChI=1S/C11H11NO4/c1-12-10(15)8(9(14)11(12)16)6-2-4-7(13)5-3-6/h2-5,8-9,13-14H,1H3. The molecule has 16 heavy (non-hydrogen) atoms. The molecule has 0 spiro atoms. The zero-order chi connectivity index (χ0) is 11.9. The first-order chi connectivity index (χ1) is 7.52. The van der Waals surface area contributed by atoms with Gasteiger partial charge in [-0.05, 0) is 17.7 Å². The molecule has 0 aromatic heterocycles. The number of nitrogens with zero attached hydrogens (tertiary/aromatic N) is 1. The number of aliphatic hydroxyl groups is 1. The van der Waals surface area contributed by atoms with Gasteiger partial charge in [-0.15, -0.1) is 0 Å². The van der Waals surface area contributed by atoms with E-state index in [1.807, 2.05) is 0 Å². The average molecular weight is 221 g/mol. The molecule has 2 N–H and O–H groups in total. The third-order valence-electron chi connectivity index (χ3n) is 2.75. The van der Waals surface area contributed by atoms with E-state index in [1.54, 1.807) is 0 Å². The fraction of sp³-hybridized carbons (Fsp3) is 0.273. The third-order valence-corrected chi connectivity index (χ3v) is 2.75. The van der Waals surface area contributed by atoms with Gasteiger partial charge in [-0.1, -0.05) is 12.1 Å². The quantitative estimate of drug-likeness (QED) is 0.646. The van der Waals surface area contributed by atoms with Gasteiger partial charge in [-0.3, -0.25) is 14.5 Å². The molecule has 1 fully saturated rings. The summed E-state index contributed by atoms with van der Waals surface area (Å²) in [6, 6.07) is 5.87. The van der Waals surface area contributed by atoms with Gasteiger partial charge in [-0.2, -0.15) is 0 Å². The van der Waals surface area contributed by atoms with E-state index in [9.17, 15) is 14.7 Å². The van der Waals surface area contributed by atoms with Crippen molar-refractivity contribution >= 4 is 11.8 Å². The Morgan fingerprint density at radius 1 is 1.12 bits per heavy atom. The van der Waals surface area contributed by atoms with Crippen molar-refractivity contribution in [1.82, 2.24) is 4.90 Å². The number of phenols is 1. The molecule has 84 valence electrons. The monoisotopic (exact) mass is 221 g/mol. The Hall–Kier alpha value is -1.88. The molecule has 1 aromatic carbocycles. The molecule has 1 aromatic rings. The smallest absolute Gasteiger partial charge is 0.258 e. The molecule has 1 heterocycles. The fourth-order valence-corrected chi connectivity index (χ4v) is 1.80. The number of hydrogen-bond donors (Lipinski definition) is 2. The summed E-state index contributed by atoms with van der Waals surface area (Å²) in [5.41, 5.74) is 0.521. The normalized spacial score (nSPS) is 25.2. The predicted octanol–water partition coefficient (Wildman–Crippen LogP) is -0.165. The van der Waals surface area contributed by atoms with Crippen molar-refractivity contribution in [2.75, 3.05) is 7.05 Å². The molecule has 2 unspecified atom stereocenters. The largest absolute Gasteiger partial charge is 0.508 e. The molecule has 2 amide bonds. The summed E-state index contributed by atoms with van der Waals surface area (Å²) in [6.45, 7) is 0. The summed E-state index contributed by atoms with van der Waals surface area (Å²) < 4.78 is 0. The highest BCUT2D eigenvalue weighted by atomic mass is 16.3. The maximum atomic E-state index is 11.7. The number of carbonyl (C=O) groups is 2. The lowest BCUT2D eigenvalue weighted by molar-refractivity contribution is -0.139. The minimum absolute atomic E-state index is 0.0726. The van der Waals surface area contributed by atoms with Crippen molar-refractivity contribution in [2.45, 2.75) is 12.0 Å². The Labute approximate surface area is 91.9 Å². The number of aliphatic hydroxyl groups excluding tert-OH is 1. The zero-order valence-electron chi connectivity index (χ0n) is 8.62. The van der Waals surface area contributed by atoms with Gasteiger partial charge < -0.3 is 10.2 Å². The van der Waals surface area contributed by atoms with Crippen LogP contribution in [-0.4, -0.2) is 40.1 Å². The van der Waals surface area contributed by atoms with Crippen molar-refractivity contribution in [3.8, 4) is 5.75 Å². The highest BCUT2D eigenvalue weighted by Gasteiger charge is 2.45. The molecule has 5 nitrogen and oxygen atoms in total. The lowest BCUT2D eigenvalue weighted by Crippen LogP contribution is -2.27. The van der Waals surface area contributed by atoms with Gasteiger partial charge in [0.1, 0.15) is 11.9 Å². The first-order valence-electron chi connectivity index (χ1n) is 4.81. The number of aromatic hydroxyl groups is 1. The second-order valence-electron chi connectivity index (χ2n) is 3.75. The maximum Gasteiger partial charge on any atom is 0.258 e. The van der Waals surface area contributed by atoms with E-state index >= 15 is 0 Å². The number of carbonyl (C=O) groups excluding carboxylic acids is 2. The van der Waals surface area contributed by atoms with Crippen LogP contribution in [0.2, 0.25) is 0 Å².